The molecule has 0 radical (unpaired) electrons. The lowest BCUT2D eigenvalue weighted by atomic mass is 9.92. The predicted molar refractivity (Wildman–Crippen MR) is 112 cm³/mol. The van der Waals surface area contributed by atoms with Crippen LogP contribution in [0.2, 0.25) is 0 Å². The number of aryl methyl sites for hydroxylation is 1. The maximum Gasteiger partial charge on any atom is 0.253 e. The quantitative estimate of drug-likeness (QED) is 0.726. The molecule has 3 rings (SSSR count). The van der Waals surface area contributed by atoms with Crippen molar-refractivity contribution in [2.24, 2.45) is 7.05 Å². The van der Waals surface area contributed by atoms with Crippen LogP contribution in [0, 0.1) is 0 Å². The average molecular weight is 406 g/mol. The summed E-state index contributed by atoms with van der Waals surface area (Å²) in [5.41, 5.74) is -0.782. The largest absolute Gasteiger partial charge is 0.389 e. The van der Waals surface area contributed by atoms with Gasteiger partial charge in [0.1, 0.15) is 11.2 Å². The molecule has 160 valence electrons. The van der Waals surface area contributed by atoms with E-state index in [1.807, 2.05) is 30.1 Å². The van der Waals surface area contributed by atoms with E-state index in [9.17, 15) is 9.90 Å². The SMILES string of the molecule is CC(C)[n+]1cc2cccc(C(=O)NCC3(F)CCN(CC(C)(C)O)CC3)c2n1C. The minimum absolute atomic E-state index is 0.00713. The molecule has 29 heavy (non-hydrogen) atoms. The number of hydrogen-bond acceptors (Lipinski definition) is 3. The van der Waals surface area contributed by atoms with Crippen molar-refractivity contribution < 1.29 is 19.0 Å². The second-order valence-corrected chi connectivity index (χ2v) is 9.29. The van der Waals surface area contributed by atoms with Gasteiger partial charge >= 0.3 is 0 Å². The molecule has 1 amide bonds. The van der Waals surface area contributed by atoms with Crippen LogP contribution < -0.4 is 10.00 Å². The molecule has 0 unspecified atom stereocenters. The first-order valence-electron chi connectivity index (χ1n) is 10.4. The van der Waals surface area contributed by atoms with Gasteiger partial charge in [0.2, 0.25) is 6.20 Å². The molecule has 0 aliphatic carbocycles. The highest BCUT2D eigenvalue weighted by molar-refractivity contribution is 6.05. The molecule has 0 atom stereocenters. The summed E-state index contributed by atoms with van der Waals surface area (Å²) in [4.78, 5) is 15.0. The number of fused-ring (bicyclic) bond motifs is 1. The van der Waals surface area contributed by atoms with Crippen LogP contribution in [0.5, 0.6) is 0 Å². The molecule has 7 heteroatoms. The van der Waals surface area contributed by atoms with Crippen molar-refractivity contribution in [2.75, 3.05) is 26.2 Å². The van der Waals surface area contributed by atoms with E-state index in [0.29, 0.717) is 38.0 Å². The van der Waals surface area contributed by atoms with E-state index in [4.69, 9.17) is 0 Å². The van der Waals surface area contributed by atoms with Crippen molar-refractivity contribution in [1.29, 1.82) is 0 Å². The number of piperidine rings is 1. The van der Waals surface area contributed by atoms with Crippen LogP contribution in [-0.4, -0.2) is 58.0 Å². The predicted octanol–water partition coefficient (Wildman–Crippen LogP) is 2.35. The maximum absolute atomic E-state index is 15.2. The Morgan fingerprint density at radius 1 is 1.34 bits per heavy atom. The normalized spacial score (nSPS) is 17.8. The van der Waals surface area contributed by atoms with Crippen LogP contribution in [0.1, 0.15) is 56.9 Å². The third-order valence-electron chi connectivity index (χ3n) is 5.71. The average Bonchev–Trinajstić information content (AvgIpc) is 2.98. The van der Waals surface area contributed by atoms with Gasteiger partial charge in [0, 0.05) is 19.6 Å². The lowest BCUT2D eigenvalue weighted by Gasteiger charge is -2.38. The number of para-hydroxylation sites is 1. The molecule has 2 N–H and O–H groups in total. The topological polar surface area (TPSA) is 61.4 Å². The van der Waals surface area contributed by atoms with E-state index in [0.717, 1.165) is 10.9 Å². The zero-order chi connectivity index (χ0) is 21.4. The summed E-state index contributed by atoms with van der Waals surface area (Å²) < 4.78 is 19.3. The fraction of sp³-hybridized carbons (Fsp3) is 0.636. The Labute approximate surface area is 172 Å². The zero-order valence-corrected chi connectivity index (χ0v) is 18.2. The van der Waals surface area contributed by atoms with Crippen molar-refractivity contribution in [3.63, 3.8) is 0 Å². The van der Waals surface area contributed by atoms with Crippen LogP contribution in [0.3, 0.4) is 0 Å². The van der Waals surface area contributed by atoms with Gasteiger partial charge in [0.15, 0.2) is 6.04 Å². The summed E-state index contributed by atoms with van der Waals surface area (Å²) in [7, 11) is 1.94. The zero-order valence-electron chi connectivity index (χ0n) is 18.2. The first kappa shape index (κ1) is 21.7. The number of rotatable bonds is 6. The summed E-state index contributed by atoms with van der Waals surface area (Å²) in [5, 5.41) is 13.8. The summed E-state index contributed by atoms with van der Waals surface area (Å²) in [5.74, 6) is -0.247. The van der Waals surface area contributed by atoms with Crippen LogP contribution in [0.15, 0.2) is 24.4 Å². The minimum atomic E-state index is -1.41. The van der Waals surface area contributed by atoms with E-state index in [2.05, 4.69) is 28.7 Å². The fourth-order valence-corrected chi connectivity index (χ4v) is 4.22. The Kier molecular flexibility index (Phi) is 6.01. The second kappa shape index (κ2) is 8.03. The molecule has 1 aromatic carbocycles. The highest BCUT2D eigenvalue weighted by Crippen LogP contribution is 2.27. The highest BCUT2D eigenvalue weighted by Gasteiger charge is 2.36. The number of aromatic nitrogens is 2. The van der Waals surface area contributed by atoms with Gasteiger partial charge in [-0.1, -0.05) is 6.07 Å². The molecule has 1 fully saturated rings. The number of carbonyl (C=O) groups is 1. The number of nitrogens with zero attached hydrogens (tertiary/aromatic N) is 3. The van der Waals surface area contributed by atoms with E-state index in [1.165, 1.54) is 0 Å². The third-order valence-corrected chi connectivity index (χ3v) is 5.71. The van der Waals surface area contributed by atoms with Gasteiger partial charge in [-0.3, -0.25) is 4.79 Å². The van der Waals surface area contributed by atoms with Crippen LogP contribution in [0.4, 0.5) is 4.39 Å². The van der Waals surface area contributed by atoms with Gasteiger partial charge in [-0.05, 0) is 52.7 Å². The summed E-state index contributed by atoms with van der Waals surface area (Å²) in [6, 6.07) is 5.91. The number of β-amino-alcohol motifs (C(OH)–C–C–N with tert-alkyl or cyclic N) is 1. The maximum atomic E-state index is 15.2. The Bertz CT molecular complexity index is 877. The number of carbonyl (C=O) groups excluding carboxylic acids is 1. The number of benzene rings is 1. The molecule has 0 spiro atoms. The number of alkyl halides is 1. The van der Waals surface area contributed by atoms with Crippen LogP contribution >= 0.6 is 0 Å². The summed E-state index contributed by atoms with van der Waals surface area (Å²) >= 11 is 0. The van der Waals surface area contributed by atoms with Gasteiger partial charge in [-0.2, -0.15) is 4.68 Å². The van der Waals surface area contributed by atoms with Gasteiger partial charge in [-0.15, -0.1) is 4.68 Å². The molecular formula is C22H34FN4O2+. The fourth-order valence-electron chi connectivity index (χ4n) is 4.22. The van der Waals surface area contributed by atoms with E-state index in [-0.39, 0.29) is 18.5 Å². The molecule has 1 aromatic heterocycles. The highest BCUT2D eigenvalue weighted by atomic mass is 19.1. The third kappa shape index (κ3) is 4.95. The number of aliphatic hydroxyl groups is 1. The van der Waals surface area contributed by atoms with E-state index >= 15 is 4.39 Å². The Balaban J connectivity index is 1.67. The Morgan fingerprint density at radius 3 is 2.59 bits per heavy atom. The number of halogens is 1. The van der Waals surface area contributed by atoms with Gasteiger partial charge in [0.05, 0.1) is 30.1 Å². The molecule has 2 heterocycles. The van der Waals surface area contributed by atoms with E-state index < -0.39 is 11.3 Å². The first-order chi connectivity index (χ1) is 13.5. The Hall–Kier alpha value is -1.99. The van der Waals surface area contributed by atoms with Crippen molar-refractivity contribution in [3.05, 3.63) is 30.0 Å². The number of nitrogens with one attached hydrogen (secondary N) is 1. The molecule has 1 aliphatic heterocycles. The molecular weight excluding hydrogens is 371 g/mol. The Morgan fingerprint density at radius 2 is 2.00 bits per heavy atom. The molecule has 0 saturated carbocycles. The molecule has 2 aromatic rings. The first-order valence-corrected chi connectivity index (χ1v) is 10.4. The lowest BCUT2D eigenvalue weighted by Crippen LogP contribution is -2.51. The molecule has 6 nitrogen and oxygen atoms in total. The van der Waals surface area contributed by atoms with Crippen molar-refractivity contribution in [2.45, 2.75) is 57.8 Å². The lowest BCUT2D eigenvalue weighted by molar-refractivity contribution is -0.787. The minimum Gasteiger partial charge on any atom is -0.389 e. The molecule has 1 saturated heterocycles. The summed E-state index contributed by atoms with van der Waals surface area (Å²) in [6.07, 6.45) is 2.74. The number of amides is 1. The van der Waals surface area contributed by atoms with Gasteiger partial charge in [-0.25, -0.2) is 4.39 Å². The van der Waals surface area contributed by atoms with Crippen molar-refractivity contribution in [3.8, 4) is 0 Å². The van der Waals surface area contributed by atoms with Crippen molar-refractivity contribution in [1.82, 2.24) is 14.9 Å². The van der Waals surface area contributed by atoms with Crippen LogP contribution in [0.25, 0.3) is 10.9 Å². The smallest absolute Gasteiger partial charge is 0.253 e. The number of hydrogen-bond donors (Lipinski definition) is 2. The molecule has 0 bridgehead atoms. The monoisotopic (exact) mass is 405 g/mol. The van der Waals surface area contributed by atoms with Crippen LogP contribution in [-0.2, 0) is 7.05 Å². The van der Waals surface area contributed by atoms with Gasteiger partial charge in [0.25, 0.3) is 5.91 Å². The standard InChI is InChI=1S/C22H33FN4O2/c1-16(2)27-13-17-7-6-8-18(19(17)25(27)5)20(28)24-14-22(23)9-11-26(12-10-22)15-21(3,4)29/h6-8,13,16,29H,9-12,14-15H2,1-5H3/p+1. The van der Waals surface area contributed by atoms with E-state index in [1.54, 1.807) is 19.9 Å². The van der Waals surface area contributed by atoms with Crippen molar-refractivity contribution >= 4 is 16.8 Å². The van der Waals surface area contributed by atoms with Gasteiger partial charge < -0.3 is 15.3 Å². The number of likely N-dealkylation sites (tertiary alicyclic amines) is 1. The molecule has 1 aliphatic rings. The summed E-state index contributed by atoms with van der Waals surface area (Å²) in [6.45, 7) is 9.41. The second-order valence-electron chi connectivity index (χ2n) is 9.29.